The average molecular weight is 387 g/mol. The molecular weight excluding hydrogens is 366 g/mol. The van der Waals surface area contributed by atoms with Gasteiger partial charge in [0.05, 0.1) is 10.8 Å². The average Bonchev–Trinajstić information content (AvgIpc) is 2.68. The van der Waals surface area contributed by atoms with E-state index < -0.39 is 0 Å². The van der Waals surface area contributed by atoms with Crippen molar-refractivity contribution in [2.75, 3.05) is 11.9 Å². The van der Waals surface area contributed by atoms with E-state index in [0.29, 0.717) is 33.4 Å². The van der Waals surface area contributed by atoms with Crippen molar-refractivity contribution in [3.05, 3.63) is 81.5 Å². The first kappa shape index (κ1) is 18.7. The number of anilines is 1. The van der Waals surface area contributed by atoms with Gasteiger partial charge in [-0.25, -0.2) is 0 Å². The molecule has 0 unspecified atom stereocenters. The van der Waals surface area contributed by atoms with E-state index in [4.69, 9.17) is 9.15 Å². The molecule has 0 spiro atoms. The molecule has 0 atom stereocenters. The van der Waals surface area contributed by atoms with Crippen molar-refractivity contribution in [2.45, 2.75) is 20.8 Å². The summed E-state index contributed by atoms with van der Waals surface area (Å²) in [7, 11) is 0. The summed E-state index contributed by atoms with van der Waals surface area (Å²) in [6.07, 6.45) is 0. The largest absolute Gasteiger partial charge is 0.483 e. The second kappa shape index (κ2) is 7.43. The molecule has 4 aromatic rings. The van der Waals surface area contributed by atoms with Crippen LogP contribution in [0.4, 0.5) is 5.69 Å². The van der Waals surface area contributed by atoms with E-state index in [1.807, 2.05) is 51.1 Å². The number of para-hydroxylation sites is 1. The van der Waals surface area contributed by atoms with Crippen molar-refractivity contribution in [1.29, 1.82) is 0 Å². The molecule has 5 nitrogen and oxygen atoms in total. The smallest absolute Gasteiger partial charge is 0.262 e. The first-order valence-corrected chi connectivity index (χ1v) is 9.38. The molecule has 1 N–H and O–H groups in total. The van der Waals surface area contributed by atoms with Gasteiger partial charge in [0.1, 0.15) is 16.9 Å². The number of nitrogens with one attached hydrogen (secondary N) is 1. The highest BCUT2D eigenvalue weighted by Crippen LogP contribution is 2.24. The van der Waals surface area contributed by atoms with Gasteiger partial charge in [-0.15, -0.1) is 0 Å². The Labute approximate surface area is 167 Å². The molecule has 0 bridgehead atoms. The zero-order valence-electron chi connectivity index (χ0n) is 16.5. The third kappa shape index (κ3) is 3.72. The van der Waals surface area contributed by atoms with Gasteiger partial charge in [0, 0.05) is 11.8 Å². The Hall–Kier alpha value is -3.60. The van der Waals surface area contributed by atoms with Crippen LogP contribution >= 0.6 is 0 Å². The van der Waals surface area contributed by atoms with Crippen molar-refractivity contribution in [3.63, 3.8) is 0 Å². The fourth-order valence-electron chi connectivity index (χ4n) is 3.40. The molecule has 0 fully saturated rings. The molecule has 1 heterocycles. The van der Waals surface area contributed by atoms with Crippen LogP contribution in [0.3, 0.4) is 0 Å². The number of carbonyl (C=O) groups excluding carboxylic acids is 1. The molecule has 3 aromatic carbocycles. The molecule has 0 aliphatic heterocycles. The van der Waals surface area contributed by atoms with Gasteiger partial charge in [-0.1, -0.05) is 29.8 Å². The number of benzene rings is 3. The zero-order chi connectivity index (χ0) is 20.5. The van der Waals surface area contributed by atoms with Gasteiger partial charge in [-0.2, -0.15) is 0 Å². The minimum atomic E-state index is -0.288. The molecule has 5 heteroatoms. The first-order chi connectivity index (χ1) is 13.9. The standard InChI is InChI=1S/C24H21NO4/c1-14-7-10-20(16(3)11-14)28-13-22(26)25-17-8-9-18-21(12-17)29-24-15(2)5-4-6-19(24)23(18)27/h4-12H,13H2,1-3H3,(H,25,26). The van der Waals surface area contributed by atoms with Gasteiger partial charge >= 0.3 is 0 Å². The van der Waals surface area contributed by atoms with Crippen LogP contribution in [0.2, 0.25) is 0 Å². The molecule has 4 rings (SSSR count). The van der Waals surface area contributed by atoms with Crippen LogP contribution in [-0.2, 0) is 4.79 Å². The lowest BCUT2D eigenvalue weighted by molar-refractivity contribution is -0.118. The monoisotopic (exact) mass is 387 g/mol. The molecular formula is C24H21NO4. The van der Waals surface area contributed by atoms with Crippen LogP contribution in [-0.4, -0.2) is 12.5 Å². The first-order valence-electron chi connectivity index (χ1n) is 9.38. The number of aryl methyl sites for hydroxylation is 3. The summed E-state index contributed by atoms with van der Waals surface area (Å²) >= 11 is 0. The Bertz CT molecular complexity index is 1300. The predicted molar refractivity (Wildman–Crippen MR) is 115 cm³/mol. The van der Waals surface area contributed by atoms with Crippen LogP contribution in [0, 0.1) is 20.8 Å². The summed E-state index contributed by atoms with van der Waals surface area (Å²) in [6, 6.07) is 16.3. The Morgan fingerprint density at radius 3 is 2.59 bits per heavy atom. The lowest BCUT2D eigenvalue weighted by atomic mass is 10.1. The van der Waals surface area contributed by atoms with Crippen molar-refractivity contribution in [3.8, 4) is 5.75 Å². The molecule has 1 amide bonds. The summed E-state index contributed by atoms with van der Waals surface area (Å²) in [4.78, 5) is 25.0. The quantitative estimate of drug-likeness (QED) is 0.506. The second-order valence-corrected chi connectivity index (χ2v) is 7.20. The van der Waals surface area contributed by atoms with Crippen LogP contribution in [0.15, 0.2) is 63.8 Å². The maximum absolute atomic E-state index is 12.7. The Morgan fingerprint density at radius 2 is 1.79 bits per heavy atom. The highest BCUT2D eigenvalue weighted by atomic mass is 16.5. The highest BCUT2D eigenvalue weighted by Gasteiger charge is 2.11. The van der Waals surface area contributed by atoms with Crippen LogP contribution in [0.1, 0.15) is 16.7 Å². The lowest BCUT2D eigenvalue weighted by Gasteiger charge is -2.11. The highest BCUT2D eigenvalue weighted by molar-refractivity contribution is 5.96. The fourth-order valence-corrected chi connectivity index (χ4v) is 3.40. The van der Waals surface area contributed by atoms with E-state index in [-0.39, 0.29) is 17.9 Å². The molecule has 0 radical (unpaired) electrons. The van der Waals surface area contributed by atoms with E-state index >= 15 is 0 Å². The zero-order valence-corrected chi connectivity index (χ0v) is 16.5. The SMILES string of the molecule is Cc1ccc(OCC(=O)Nc2ccc3c(=O)c4cccc(C)c4oc3c2)c(C)c1. The van der Waals surface area contributed by atoms with Crippen LogP contribution < -0.4 is 15.5 Å². The van der Waals surface area contributed by atoms with Crippen molar-refractivity contribution in [2.24, 2.45) is 0 Å². The number of ether oxygens (including phenoxy) is 1. The second-order valence-electron chi connectivity index (χ2n) is 7.20. The summed E-state index contributed by atoms with van der Waals surface area (Å²) in [5, 5.41) is 3.82. The van der Waals surface area contributed by atoms with Crippen molar-refractivity contribution >= 4 is 33.5 Å². The van der Waals surface area contributed by atoms with Crippen molar-refractivity contribution < 1.29 is 13.9 Å². The van der Waals surface area contributed by atoms with E-state index in [2.05, 4.69) is 5.32 Å². The Kier molecular flexibility index (Phi) is 4.80. The van der Waals surface area contributed by atoms with Gasteiger partial charge in [0.25, 0.3) is 5.91 Å². The van der Waals surface area contributed by atoms with Gasteiger partial charge in [-0.3, -0.25) is 9.59 Å². The fraction of sp³-hybridized carbons (Fsp3) is 0.167. The third-order valence-electron chi connectivity index (χ3n) is 4.87. The number of hydrogen-bond donors (Lipinski definition) is 1. The third-order valence-corrected chi connectivity index (χ3v) is 4.87. The van der Waals surface area contributed by atoms with Gasteiger partial charge in [-0.05, 0) is 56.2 Å². The van der Waals surface area contributed by atoms with Gasteiger partial charge < -0.3 is 14.5 Å². The molecule has 146 valence electrons. The number of carbonyl (C=O) groups is 1. The van der Waals surface area contributed by atoms with Crippen LogP contribution in [0.25, 0.3) is 21.9 Å². The molecule has 29 heavy (non-hydrogen) atoms. The normalized spacial score (nSPS) is 11.0. The lowest BCUT2D eigenvalue weighted by Crippen LogP contribution is -2.20. The topological polar surface area (TPSA) is 68.5 Å². The van der Waals surface area contributed by atoms with E-state index in [1.54, 1.807) is 24.3 Å². The van der Waals surface area contributed by atoms with Crippen molar-refractivity contribution in [1.82, 2.24) is 0 Å². The Balaban J connectivity index is 1.56. The molecule has 0 saturated carbocycles. The molecule has 1 aromatic heterocycles. The summed E-state index contributed by atoms with van der Waals surface area (Å²) in [5.74, 6) is 0.390. The maximum atomic E-state index is 12.7. The van der Waals surface area contributed by atoms with E-state index in [1.165, 1.54) is 0 Å². The van der Waals surface area contributed by atoms with Gasteiger partial charge in [0.2, 0.25) is 5.43 Å². The van der Waals surface area contributed by atoms with E-state index in [0.717, 1.165) is 16.7 Å². The van der Waals surface area contributed by atoms with Gasteiger partial charge in [0.15, 0.2) is 6.61 Å². The van der Waals surface area contributed by atoms with E-state index in [9.17, 15) is 9.59 Å². The number of fused-ring (bicyclic) bond motifs is 2. The summed E-state index contributed by atoms with van der Waals surface area (Å²) in [6.45, 7) is 5.74. The summed E-state index contributed by atoms with van der Waals surface area (Å²) in [5.41, 5.74) is 4.46. The maximum Gasteiger partial charge on any atom is 0.262 e. The van der Waals surface area contributed by atoms with Crippen LogP contribution in [0.5, 0.6) is 5.75 Å². The number of hydrogen-bond acceptors (Lipinski definition) is 4. The predicted octanol–water partition coefficient (Wildman–Crippen LogP) is 4.89. The molecule has 0 aliphatic rings. The summed E-state index contributed by atoms with van der Waals surface area (Å²) < 4.78 is 11.6. The number of rotatable bonds is 4. The number of amides is 1. The Morgan fingerprint density at radius 1 is 0.966 bits per heavy atom. The molecule has 0 saturated heterocycles. The minimum Gasteiger partial charge on any atom is -0.483 e. The molecule has 0 aliphatic carbocycles. The minimum absolute atomic E-state index is 0.0824.